The molecule has 0 radical (unpaired) electrons. The van der Waals surface area contributed by atoms with Gasteiger partial charge in [-0.05, 0) is 70.3 Å². The van der Waals surface area contributed by atoms with Gasteiger partial charge >= 0.3 is 12.2 Å². The van der Waals surface area contributed by atoms with E-state index >= 15 is 0 Å². The molecule has 0 saturated carbocycles. The van der Waals surface area contributed by atoms with Crippen LogP contribution < -0.4 is 10.6 Å². The highest BCUT2D eigenvalue weighted by molar-refractivity contribution is 5.91. The summed E-state index contributed by atoms with van der Waals surface area (Å²) in [4.78, 5) is 71.6. The molecule has 15 heteroatoms. The number of nitrogens with zero attached hydrogens (tertiary/aromatic N) is 5. The lowest BCUT2D eigenvalue weighted by molar-refractivity contribution is -0.136. The number of alkyl carbamates (subject to hydrolysis) is 2. The third-order valence-corrected chi connectivity index (χ3v) is 12.0. The minimum atomic E-state index is -1.00. The molecule has 4 aromatic carbocycles. The number of carbonyl (C=O) groups excluding carboxylic acids is 4. The number of carbonyl (C=O) groups is 4. The summed E-state index contributed by atoms with van der Waals surface area (Å²) < 4.78 is 9.59. The Kier molecular flexibility index (Phi) is 12.2. The zero-order chi connectivity index (χ0) is 44.2. The van der Waals surface area contributed by atoms with Gasteiger partial charge in [0, 0.05) is 18.7 Å². The number of hydrogen-bond donors (Lipinski definition) is 4. The summed E-state index contributed by atoms with van der Waals surface area (Å²) in [7, 11) is 2.53. The van der Waals surface area contributed by atoms with E-state index in [4.69, 9.17) is 14.5 Å². The van der Waals surface area contributed by atoms with Gasteiger partial charge in [0.15, 0.2) is 0 Å². The first kappa shape index (κ1) is 42.2. The normalized spacial score (nSPS) is 18.2. The smallest absolute Gasteiger partial charge is 0.407 e. The number of methoxy groups -OCH3 is 2. The number of ether oxygens (including phenoxy) is 2. The van der Waals surface area contributed by atoms with E-state index in [1.807, 2.05) is 26.0 Å². The second-order valence-electron chi connectivity index (χ2n) is 16.3. The van der Waals surface area contributed by atoms with Crippen LogP contribution in [0.1, 0.15) is 68.4 Å². The number of hydrogen-bond acceptors (Lipinski definition) is 9. The third kappa shape index (κ3) is 8.83. The Balaban J connectivity index is 0.960. The summed E-state index contributed by atoms with van der Waals surface area (Å²) in [5.41, 5.74) is 6.22. The molecular formula is C48H49N9O6. The molecule has 2 aromatic heterocycles. The molecule has 4 amide bonds. The third-order valence-electron chi connectivity index (χ3n) is 12.0. The SMILES string of the molecule is COC(=O)N[C@H](C(=O)N1CCC[C@H]1c1ncc(-c2ccc(-c3ccc4cc(-c5cnc([C@@H]6C[C@H](C#N)CN6C(=O)[C@H](NC(=O)OC)c6ccccc6)[nH]5)ccc4c3)cc2)[nH]1)C(C)C. The van der Waals surface area contributed by atoms with Crippen molar-refractivity contribution in [3.63, 3.8) is 0 Å². The van der Waals surface area contributed by atoms with Crippen molar-refractivity contribution in [1.82, 2.24) is 40.4 Å². The van der Waals surface area contributed by atoms with Crippen LogP contribution in [0.5, 0.6) is 0 Å². The minimum Gasteiger partial charge on any atom is -0.453 e. The summed E-state index contributed by atoms with van der Waals surface area (Å²) in [6.45, 7) is 4.58. The molecule has 6 aromatic rings. The molecule has 4 N–H and O–H groups in total. The summed E-state index contributed by atoms with van der Waals surface area (Å²) in [5.74, 6) is 0.256. The Morgan fingerprint density at radius 2 is 1.32 bits per heavy atom. The molecule has 2 fully saturated rings. The maximum atomic E-state index is 14.1. The highest BCUT2D eigenvalue weighted by atomic mass is 16.5. The highest BCUT2D eigenvalue weighted by Gasteiger charge is 2.42. The predicted molar refractivity (Wildman–Crippen MR) is 235 cm³/mol. The summed E-state index contributed by atoms with van der Waals surface area (Å²) in [6.07, 6.45) is 4.19. The molecule has 322 valence electrons. The van der Waals surface area contributed by atoms with Gasteiger partial charge in [-0.15, -0.1) is 0 Å². The van der Waals surface area contributed by atoms with Crippen LogP contribution in [0.25, 0.3) is 44.4 Å². The van der Waals surface area contributed by atoms with Crippen LogP contribution in [-0.4, -0.2) is 87.1 Å². The summed E-state index contributed by atoms with van der Waals surface area (Å²) >= 11 is 0. The van der Waals surface area contributed by atoms with Gasteiger partial charge in [-0.25, -0.2) is 19.6 Å². The molecule has 8 rings (SSSR count). The van der Waals surface area contributed by atoms with E-state index < -0.39 is 36.2 Å². The van der Waals surface area contributed by atoms with E-state index in [0.29, 0.717) is 30.2 Å². The number of fused-ring (bicyclic) bond motifs is 1. The quantitative estimate of drug-likeness (QED) is 0.100. The van der Waals surface area contributed by atoms with E-state index in [1.165, 1.54) is 14.2 Å². The number of aromatic nitrogens is 4. The van der Waals surface area contributed by atoms with Crippen molar-refractivity contribution in [2.75, 3.05) is 27.3 Å². The van der Waals surface area contributed by atoms with E-state index in [1.54, 1.807) is 46.5 Å². The predicted octanol–water partition coefficient (Wildman–Crippen LogP) is 7.84. The Hall–Kier alpha value is -7.47. The summed E-state index contributed by atoms with van der Waals surface area (Å²) in [6, 6.07) is 29.6. The molecule has 5 atom stereocenters. The standard InChI is InChI=1S/C48H49N9O6/c1-28(2)41(54-47(60)62-3)45(58)56-20-8-11-39(56)43-50-25-37(52-43)31-14-12-30(13-15-31)33-16-17-35-23-36(19-18-34(35)22-33)38-26-51-44(53-38)40-21-29(24-49)27-57(40)46(59)42(55-48(61)63-4)32-9-6-5-7-10-32/h5-7,9-10,12-19,22-23,25-26,28-29,39-42H,8,11,20-21,27H2,1-4H3,(H,50,52)(H,51,53)(H,54,60)(H,55,61)/t29-,39+,40+,41+,42-/m1/s1. The zero-order valence-electron chi connectivity index (χ0n) is 35.5. The molecule has 15 nitrogen and oxygen atoms in total. The Morgan fingerprint density at radius 3 is 1.97 bits per heavy atom. The lowest BCUT2D eigenvalue weighted by Gasteiger charge is -2.30. The largest absolute Gasteiger partial charge is 0.453 e. The van der Waals surface area contributed by atoms with Crippen molar-refractivity contribution in [2.24, 2.45) is 11.8 Å². The maximum Gasteiger partial charge on any atom is 0.407 e. The average molecular weight is 848 g/mol. The van der Waals surface area contributed by atoms with Gasteiger partial charge in [-0.2, -0.15) is 5.26 Å². The van der Waals surface area contributed by atoms with Crippen LogP contribution in [0.2, 0.25) is 0 Å². The number of imidazole rings is 2. The number of H-pyrrole nitrogens is 2. The van der Waals surface area contributed by atoms with Gasteiger partial charge in [-0.1, -0.05) is 92.7 Å². The molecule has 0 aliphatic carbocycles. The number of rotatable bonds is 11. The second kappa shape index (κ2) is 18.3. The van der Waals surface area contributed by atoms with E-state index in [0.717, 1.165) is 57.3 Å². The topological polar surface area (TPSA) is 198 Å². The minimum absolute atomic E-state index is 0.115. The Bertz CT molecular complexity index is 2670. The van der Waals surface area contributed by atoms with Crippen molar-refractivity contribution in [3.8, 4) is 39.7 Å². The van der Waals surface area contributed by atoms with E-state index in [-0.39, 0.29) is 30.3 Å². The van der Waals surface area contributed by atoms with Gasteiger partial charge in [0.05, 0.1) is 62.1 Å². The molecule has 0 unspecified atom stereocenters. The molecule has 4 heterocycles. The van der Waals surface area contributed by atoms with Crippen molar-refractivity contribution in [1.29, 1.82) is 5.26 Å². The number of amides is 4. The van der Waals surface area contributed by atoms with Crippen LogP contribution >= 0.6 is 0 Å². The van der Waals surface area contributed by atoms with Crippen molar-refractivity contribution in [2.45, 2.75) is 57.3 Å². The van der Waals surface area contributed by atoms with Gasteiger partial charge in [0.2, 0.25) is 5.91 Å². The Labute approximate surface area is 364 Å². The molecule has 2 aliphatic rings. The Morgan fingerprint density at radius 1 is 0.730 bits per heavy atom. The fourth-order valence-corrected chi connectivity index (χ4v) is 8.64. The fraction of sp³-hybridized carbons (Fsp3) is 0.312. The lowest BCUT2D eigenvalue weighted by Crippen LogP contribution is -2.51. The van der Waals surface area contributed by atoms with Crippen LogP contribution in [0.3, 0.4) is 0 Å². The first-order valence-corrected chi connectivity index (χ1v) is 21.0. The lowest BCUT2D eigenvalue weighted by atomic mass is 9.98. The van der Waals surface area contributed by atoms with Crippen molar-refractivity contribution in [3.05, 3.63) is 121 Å². The van der Waals surface area contributed by atoms with E-state index in [2.05, 4.69) is 86.3 Å². The molecule has 2 aliphatic heterocycles. The van der Waals surface area contributed by atoms with Gasteiger partial charge in [-0.3, -0.25) is 9.59 Å². The van der Waals surface area contributed by atoms with Crippen LogP contribution in [0, 0.1) is 23.2 Å². The highest BCUT2D eigenvalue weighted by Crippen LogP contribution is 2.38. The monoisotopic (exact) mass is 847 g/mol. The number of aromatic amines is 2. The molecule has 63 heavy (non-hydrogen) atoms. The van der Waals surface area contributed by atoms with Gasteiger partial charge < -0.3 is 39.9 Å². The number of nitriles is 1. The average Bonchev–Trinajstić information content (AvgIpc) is 4.16. The molecular weight excluding hydrogens is 799 g/mol. The molecule has 0 bridgehead atoms. The van der Waals surface area contributed by atoms with Crippen LogP contribution in [0.15, 0.2) is 103 Å². The van der Waals surface area contributed by atoms with Gasteiger partial charge in [0.25, 0.3) is 5.91 Å². The van der Waals surface area contributed by atoms with Crippen LogP contribution in [-0.2, 0) is 19.1 Å². The number of benzene rings is 4. The molecule has 2 saturated heterocycles. The summed E-state index contributed by atoms with van der Waals surface area (Å²) in [5, 5.41) is 17.3. The van der Waals surface area contributed by atoms with Crippen LogP contribution in [0.4, 0.5) is 9.59 Å². The maximum absolute atomic E-state index is 14.1. The first-order valence-electron chi connectivity index (χ1n) is 21.0. The van der Waals surface area contributed by atoms with Gasteiger partial charge in [0.1, 0.15) is 23.7 Å². The first-order chi connectivity index (χ1) is 30.5. The van der Waals surface area contributed by atoms with E-state index in [9.17, 15) is 24.4 Å². The number of nitrogens with one attached hydrogen (secondary N) is 4. The molecule has 0 spiro atoms. The van der Waals surface area contributed by atoms with Crippen molar-refractivity contribution < 1.29 is 28.7 Å². The van der Waals surface area contributed by atoms with Crippen molar-refractivity contribution >= 4 is 34.8 Å². The zero-order valence-corrected chi connectivity index (χ0v) is 35.5. The fourth-order valence-electron chi connectivity index (χ4n) is 8.64. The number of likely N-dealkylation sites (tertiary alicyclic amines) is 2. The second-order valence-corrected chi connectivity index (χ2v) is 16.3.